The zero-order valence-electron chi connectivity index (χ0n) is 20.6. The lowest BCUT2D eigenvalue weighted by atomic mass is 10.1. The van der Waals surface area contributed by atoms with E-state index in [0.717, 1.165) is 5.56 Å². The molecule has 0 bridgehead atoms. The largest absolute Gasteiger partial charge is 0.493 e. The van der Waals surface area contributed by atoms with Crippen molar-refractivity contribution in [3.8, 4) is 34.8 Å². The Bertz CT molecular complexity index is 1440. The Kier molecular flexibility index (Phi) is 9.01. The number of hydrogen-bond donors (Lipinski definition) is 2. The van der Waals surface area contributed by atoms with Crippen LogP contribution in [0.25, 0.3) is 11.6 Å². The lowest BCUT2D eigenvalue weighted by Gasteiger charge is -2.17. The molecule has 2 aromatic carbocycles. The second kappa shape index (κ2) is 12.8. The van der Waals surface area contributed by atoms with Crippen LogP contribution >= 0.6 is 0 Å². The molecule has 0 atom stereocenters. The Morgan fingerprint density at radius 3 is 2.32 bits per heavy atom. The van der Waals surface area contributed by atoms with Crippen molar-refractivity contribution in [1.29, 1.82) is 0 Å². The van der Waals surface area contributed by atoms with E-state index in [9.17, 15) is 13.5 Å². The van der Waals surface area contributed by atoms with Gasteiger partial charge in [-0.15, -0.1) is 0 Å². The van der Waals surface area contributed by atoms with Gasteiger partial charge in [0.05, 0.1) is 19.5 Å². The van der Waals surface area contributed by atoms with Crippen LogP contribution in [0, 0.1) is 0 Å². The lowest BCUT2D eigenvalue weighted by Crippen LogP contribution is -2.19. The zero-order chi connectivity index (χ0) is 26.8. The molecule has 12 heteroatoms. The molecule has 11 nitrogen and oxygen atoms in total. The Hall–Kier alpha value is -4.29. The molecule has 2 aromatic heterocycles. The van der Waals surface area contributed by atoms with Crippen LogP contribution in [-0.2, 0) is 16.4 Å². The summed E-state index contributed by atoms with van der Waals surface area (Å²) in [6.45, 7) is -0.437. The Morgan fingerprint density at radius 1 is 0.895 bits per heavy atom. The van der Waals surface area contributed by atoms with E-state index >= 15 is 0 Å². The van der Waals surface area contributed by atoms with Crippen LogP contribution in [0.2, 0.25) is 0 Å². The summed E-state index contributed by atoms with van der Waals surface area (Å²) in [6.07, 6.45) is 3.99. The molecule has 0 radical (unpaired) electrons. The average Bonchev–Trinajstić information content (AvgIpc) is 2.94. The number of nitrogens with one attached hydrogen (secondary N) is 1. The SMILES string of the molecule is COc1ccccc1Oc1c(NS(=O)(=O)CCCc2ccccc2)nc(-c2ncccn2)nc1OCCO. The van der Waals surface area contributed by atoms with Crippen LogP contribution < -0.4 is 18.9 Å². The summed E-state index contributed by atoms with van der Waals surface area (Å²) in [5, 5.41) is 9.36. The highest BCUT2D eigenvalue weighted by Crippen LogP contribution is 2.41. The Morgan fingerprint density at radius 2 is 1.61 bits per heavy atom. The van der Waals surface area contributed by atoms with Crippen LogP contribution in [0.15, 0.2) is 73.1 Å². The molecule has 0 unspecified atom stereocenters. The molecule has 0 spiro atoms. The Labute approximate surface area is 220 Å². The number of rotatable bonds is 13. The number of hydrogen-bond acceptors (Lipinski definition) is 10. The predicted octanol–water partition coefficient (Wildman–Crippen LogP) is 3.48. The van der Waals surface area contributed by atoms with Crippen LogP contribution in [0.3, 0.4) is 0 Å². The van der Waals surface area contributed by atoms with Crippen molar-refractivity contribution >= 4 is 15.8 Å². The first-order chi connectivity index (χ1) is 18.5. The van der Waals surface area contributed by atoms with Gasteiger partial charge in [0.25, 0.3) is 5.88 Å². The maximum Gasteiger partial charge on any atom is 0.263 e. The minimum absolute atomic E-state index is 0.00732. The van der Waals surface area contributed by atoms with Crippen molar-refractivity contribution in [2.75, 3.05) is 30.8 Å². The fraction of sp³-hybridized carbons (Fsp3) is 0.231. The number of para-hydroxylation sites is 2. The number of aliphatic hydroxyl groups is 1. The van der Waals surface area contributed by atoms with Crippen molar-refractivity contribution in [2.45, 2.75) is 12.8 Å². The number of ether oxygens (including phenoxy) is 3. The van der Waals surface area contributed by atoms with Gasteiger partial charge in [0.1, 0.15) is 6.61 Å². The summed E-state index contributed by atoms with van der Waals surface area (Å²) in [5.74, 6) is 0.292. The first-order valence-electron chi connectivity index (χ1n) is 11.8. The van der Waals surface area contributed by atoms with Gasteiger partial charge in [-0.2, -0.15) is 4.98 Å². The fourth-order valence-corrected chi connectivity index (χ4v) is 4.53. The van der Waals surface area contributed by atoms with Gasteiger partial charge < -0.3 is 19.3 Å². The van der Waals surface area contributed by atoms with Gasteiger partial charge in [-0.05, 0) is 36.6 Å². The van der Waals surface area contributed by atoms with Crippen LogP contribution in [-0.4, -0.2) is 59.5 Å². The standard InChI is InChI=1S/C26H27N5O6S/c1-35-20-12-5-6-13-21(20)37-22-23(31-38(33,34)18-7-11-19-9-3-2-4-10-19)29-25(24-27-14-8-15-28-24)30-26(22)36-17-16-32/h2-6,8-10,12-15,32H,7,11,16-18H2,1H3,(H,29,30,31). The quantitative estimate of drug-likeness (QED) is 0.260. The summed E-state index contributed by atoms with van der Waals surface area (Å²) in [7, 11) is -2.39. The third-order valence-corrected chi connectivity index (χ3v) is 6.52. The molecular formula is C26H27N5O6S. The van der Waals surface area contributed by atoms with Crippen molar-refractivity contribution in [3.63, 3.8) is 0 Å². The van der Waals surface area contributed by atoms with Crippen molar-refractivity contribution in [2.24, 2.45) is 0 Å². The summed E-state index contributed by atoms with van der Waals surface area (Å²) < 4.78 is 45.8. The smallest absolute Gasteiger partial charge is 0.263 e. The molecule has 4 rings (SSSR count). The molecule has 0 fully saturated rings. The number of sulfonamides is 1. The highest BCUT2D eigenvalue weighted by atomic mass is 32.2. The highest BCUT2D eigenvalue weighted by molar-refractivity contribution is 7.92. The maximum atomic E-state index is 13.1. The number of methoxy groups -OCH3 is 1. The third-order valence-electron chi connectivity index (χ3n) is 5.18. The molecular weight excluding hydrogens is 510 g/mol. The maximum absolute atomic E-state index is 13.1. The molecule has 0 aliphatic heterocycles. The third kappa shape index (κ3) is 7.14. The van der Waals surface area contributed by atoms with Crippen molar-refractivity contribution in [1.82, 2.24) is 19.9 Å². The molecule has 2 N–H and O–H groups in total. The van der Waals surface area contributed by atoms with E-state index in [0.29, 0.717) is 18.6 Å². The van der Waals surface area contributed by atoms with Gasteiger partial charge in [-0.3, -0.25) is 4.72 Å². The second-order valence-electron chi connectivity index (χ2n) is 7.94. The predicted molar refractivity (Wildman–Crippen MR) is 141 cm³/mol. The lowest BCUT2D eigenvalue weighted by molar-refractivity contribution is 0.192. The number of aliphatic hydroxyl groups excluding tert-OH is 1. The van der Waals surface area contributed by atoms with E-state index in [4.69, 9.17) is 14.2 Å². The van der Waals surface area contributed by atoms with Gasteiger partial charge >= 0.3 is 0 Å². The number of aromatic nitrogens is 4. The van der Waals surface area contributed by atoms with Gasteiger partial charge in [-0.25, -0.2) is 23.4 Å². The molecule has 2 heterocycles. The minimum Gasteiger partial charge on any atom is -0.493 e. The van der Waals surface area contributed by atoms with Gasteiger partial charge in [-0.1, -0.05) is 42.5 Å². The van der Waals surface area contributed by atoms with Crippen LogP contribution in [0.4, 0.5) is 5.82 Å². The number of anilines is 1. The first kappa shape index (κ1) is 26.8. The van der Waals surface area contributed by atoms with Crippen molar-refractivity contribution < 1.29 is 27.7 Å². The van der Waals surface area contributed by atoms with E-state index in [-0.39, 0.29) is 53.8 Å². The van der Waals surface area contributed by atoms with E-state index < -0.39 is 10.0 Å². The second-order valence-corrected chi connectivity index (χ2v) is 9.78. The van der Waals surface area contributed by atoms with E-state index in [1.54, 1.807) is 30.3 Å². The number of benzene rings is 2. The molecule has 4 aromatic rings. The van der Waals surface area contributed by atoms with Crippen LogP contribution in [0.1, 0.15) is 12.0 Å². The normalized spacial score (nSPS) is 11.1. The molecule has 0 aliphatic carbocycles. The first-order valence-corrected chi connectivity index (χ1v) is 13.4. The van der Waals surface area contributed by atoms with E-state index in [2.05, 4.69) is 24.7 Å². The van der Waals surface area contributed by atoms with Gasteiger partial charge in [0, 0.05) is 12.4 Å². The Balaban J connectivity index is 1.71. The fourth-order valence-electron chi connectivity index (χ4n) is 3.47. The summed E-state index contributed by atoms with van der Waals surface area (Å²) in [6, 6.07) is 18.1. The van der Waals surface area contributed by atoms with E-state index in [1.165, 1.54) is 19.5 Å². The topological polar surface area (TPSA) is 146 Å². The summed E-state index contributed by atoms with van der Waals surface area (Å²) >= 11 is 0. The van der Waals surface area contributed by atoms with E-state index in [1.807, 2.05) is 30.3 Å². The highest BCUT2D eigenvalue weighted by Gasteiger charge is 2.25. The molecule has 0 amide bonds. The molecule has 0 saturated heterocycles. The number of aryl methyl sites for hydroxylation is 1. The molecule has 38 heavy (non-hydrogen) atoms. The molecule has 198 valence electrons. The van der Waals surface area contributed by atoms with Crippen molar-refractivity contribution in [3.05, 3.63) is 78.6 Å². The zero-order valence-corrected chi connectivity index (χ0v) is 21.5. The number of nitrogens with zero attached hydrogens (tertiary/aromatic N) is 4. The summed E-state index contributed by atoms with van der Waals surface area (Å²) in [4.78, 5) is 17.0. The summed E-state index contributed by atoms with van der Waals surface area (Å²) in [5.41, 5.74) is 1.04. The monoisotopic (exact) mass is 537 g/mol. The minimum atomic E-state index is -3.87. The molecule has 0 saturated carbocycles. The average molecular weight is 538 g/mol. The van der Waals surface area contributed by atoms with Gasteiger partial charge in [0.2, 0.25) is 21.6 Å². The molecule has 0 aliphatic rings. The van der Waals surface area contributed by atoms with Crippen LogP contribution in [0.5, 0.6) is 23.1 Å². The van der Waals surface area contributed by atoms with Gasteiger partial charge in [0.15, 0.2) is 23.1 Å².